The Balaban J connectivity index is 1.79. The molecule has 0 spiro atoms. The molecule has 8 nitrogen and oxygen atoms in total. The predicted molar refractivity (Wildman–Crippen MR) is 134 cm³/mol. The van der Waals surface area contributed by atoms with Crippen molar-refractivity contribution in [3.8, 4) is 22.9 Å². The Morgan fingerprint density at radius 1 is 1.03 bits per heavy atom. The van der Waals surface area contributed by atoms with Crippen LogP contribution < -0.4 is 14.8 Å². The van der Waals surface area contributed by atoms with Gasteiger partial charge in [-0.2, -0.15) is 4.98 Å². The van der Waals surface area contributed by atoms with Crippen LogP contribution in [-0.2, 0) is 0 Å². The van der Waals surface area contributed by atoms with Crippen molar-refractivity contribution in [2.24, 2.45) is 0 Å². The number of methoxy groups -OCH3 is 2. The summed E-state index contributed by atoms with van der Waals surface area (Å²) in [6.07, 6.45) is 3.03. The number of urea groups is 1. The molecular formula is C27H32N4O4. The highest BCUT2D eigenvalue weighted by molar-refractivity contribution is 5.87. The lowest BCUT2D eigenvalue weighted by Gasteiger charge is -2.35. The molecule has 2 aromatic carbocycles. The fraction of sp³-hybridized carbons (Fsp3) is 0.370. The van der Waals surface area contributed by atoms with E-state index in [0.717, 1.165) is 47.2 Å². The average molecular weight is 477 g/mol. The number of nitrogens with one attached hydrogen (secondary N) is 1. The molecule has 35 heavy (non-hydrogen) atoms. The molecule has 0 saturated heterocycles. The summed E-state index contributed by atoms with van der Waals surface area (Å²) in [4.78, 5) is 19.6. The van der Waals surface area contributed by atoms with Crippen LogP contribution in [0.3, 0.4) is 0 Å². The smallest absolute Gasteiger partial charge is 0.322 e. The van der Waals surface area contributed by atoms with Crippen LogP contribution in [0.4, 0.5) is 4.79 Å². The van der Waals surface area contributed by atoms with Gasteiger partial charge >= 0.3 is 6.03 Å². The minimum atomic E-state index is -0.490. The standard InChI is InChI=1S/C27H32N4O4/c1-6-7-8-15-31-18(3)23(26-29-25(30-35-26)19-11-9-17(2)10-12-19)24(28-27(31)32)20-13-14-21(33-4)22(16-20)34-5/h9-14,16,24H,6-8,15H2,1-5H3,(H,28,32). The lowest BCUT2D eigenvalue weighted by molar-refractivity contribution is 0.204. The monoisotopic (exact) mass is 476 g/mol. The van der Waals surface area contributed by atoms with Crippen molar-refractivity contribution in [2.45, 2.75) is 46.1 Å². The fourth-order valence-corrected chi connectivity index (χ4v) is 4.28. The van der Waals surface area contributed by atoms with Crippen molar-refractivity contribution < 1.29 is 18.8 Å². The summed E-state index contributed by atoms with van der Waals surface area (Å²) in [5, 5.41) is 7.38. The van der Waals surface area contributed by atoms with Gasteiger partial charge in [0.1, 0.15) is 0 Å². The van der Waals surface area contributed by atoms with E-state index >= 15 is 0 Å². The van der Waals surface area contributed by atoms with Crippen molar-refractivity contribution in [3.63, 3.8) is 0 Å². The molecule has 1 aromatic heterocycles. The summed E-state index contributed by atoms with van der Waals surface area (Å²) < 4.78 is 16.7. The molecule has 0 aliphatic carbocycles. The number of aryl methyl sites for hydroxylation is 1. The van der Waals surface area contributed by atoms with Crippen LogP contribution in [-0.4, -0.2) is 41.8 Å². The van der Waals surface area contributed by atoms with Crippen LogP contribution in [0.25, 0.3) is 17.0 Å². The van der Waals surface area contributed by atoms with E-state index in [0.29, 0.717) is 29.8 Å². The third-order valence-corrected chi connectivity index (χ3v) is 6.29. The molecular weight excluding hydrogens is 444 g/mol. The van der Waals surface area contributed by atoms with E-state index in [-0.39, 0.29) is 6.03 Å². The SMILES string of the molecule is CCCCCN1C(=O)NC(c2ccc(OC)c(OC)c2)C(c2nc(-c3ccc(C)cc3)no2)=C1C. The number of hydrogen-bond donors (Lipinski definition) is 1. The van der Waals surface area contributed by atoms with E-state index in [1.54, 1.807) is 19.1 Å². The average Bonchev–Trinajstić information content (AvgIpc) is 3.35. The number of aromatic nitrogens is 2. The van der Waals surface area contributed by atoms with Crippen LogP contribution >= 0.6 is 0 Å². The van der Waals surface area contributed by atoms with E-state index in [2.05, 4.69) is 17.4 Å². The van der Waals surface area contributed by atoms with Crippen LogP contribution in [0.15, 0.2) is 52.7 Å². The highest BCUT2D eigenvalue weighted by Gasteiger charge is 2.36. The minimum Gasteiger partial charge on any atom is -0.493 e. The number of allylic oxidation sites excluding steroid dienone is 1. The van der Waals surface area contributed by atoms with Gasteiger partial charge in [-0.05, 0) is 38.0 Å². The van der Waals surface area contributed by atoms with Crippen LogP contribution in [0, 0.1) is 6.92 Å². The predicted octanol–water partition coefficient (Wildman–Crippen LogP) is 5.75. The molecule has 1 N–H and O–H groups in total. The van der Waals surface area contributed by atoms with Crippen LogP contribution in [0.1, 0.15) is 56.2 Å². The fourth-order valence-electron chi connectivity index (χ4n) is 4.28. The summed E-state index contributed by atoms with van der Waals surface area (Å²) >= 11 is 0. The molecule has 0 radical (unpaired) electrons. The van der Waals surface area contributed by atoms with Crippen LogP contribution in [0.5, 0.6) is 11.5 Å². The largest absolute Gasteiger partial charge is 0.493 e. The minimum absolute atomic E-state index is 0.152. The number of ether oxygens (including phenoxy) is 2. The highest BCUT2D eigenvalue weighted by atomic mass is 16.5. The van der Waals surface area contributed by atoms with Gasteiger partial charge in [0.05, 0.1) is 25.8 Å². The zero-order valence-corrected chi connectivity index (χ0v) is 20.9. The normalized spacial score (nSPS) is 15.9. The number of carbonyl (C=O) groups is 1. The molecule has 1 unspecified atom stereocenters. The molecule has 2 heterocycles. The lowest BCUT2D eigenvalue weighted by atomic mass is 9.94. The first-order chi connectivity index (χ1) is 17.0. The van der Waals surface area contributed by atoms with Crippen molar-refractivity contribution in [3.05, 3.63) is 65.2 Å². The van der Waals surface area contributed by atoms with Crippen molar-refractivity contribution >= 4 is 11.6 Å². The third kappa shape index (κ3) is 5.01. The van der Waals surface area contributed by atoms with Gasteiger partial charge in [0, 0.05) is 17.8 Å². The van der Waals surface area contributed by atoms with E-state index in [9.17, 15) is 4.79 Å². The summed E-state index contributed by atoms with van der Waals surface area (Å²) in [5.74, 6) is 2.06. The van der Waals surface area contributed by atoms with Gasteiger partial charge in [0.15, 0.2) is 11.5 Å². The molecule has 0 bridgehead atoms. The summed E-state index contributed by atoms with van der Waals surface area (Å²) in [5.41, 5.74) is 4.41. The Kier molecular flexibility index (Phi) is 7.39. The van der Waals surface area contributed by atoms with Gasteiger partial charge in [-0.1, -0.05) is 60.8 Å². The highest BCUT2D eigenvalue weighted by Crippen LogP contribution is 2.40. The number of nitrogens with zero attached hydrogens (tertiary/aromatic N) is 3. The maximum absolute atomic E-state index is 13.2. The Labute approximate surface area is 205 Å². The molecule has 2 amide bonds. The summed E-state index contributed by atoms with van der Waals surface area (Å²) in [6.45, 7) is 6.73. The van der Waals surface area contributed by atoms with Gasteiger partial charge in [0.25, 0.3) is 5.89 Å². The molecule has 0 saturated carbocycles. The van der Waals surface area contributed by atoms with Gasteiger partial charge < -0.3 is 19.3 Å². The third-order valence-electron chi connectivity index (χ3n) is 6.29. The Bertz CT molecular complexity index is 1220. The first-order valence-corrected chi connectivity index (χ1v) is 11.9. The number of rotatable bonds is 9. The molecule has 1 aliphatic rings. The zero-order chi connectivity index (χ0) is 24.9. The van der Waals surface area contributed by atoms with Gasteiger partial charge in [-0.25, -0.2) is 4.79 Å². The second-order valence-electron chi connectivity index (χ2n) is 8.64. The van der Waals surface area contributed by atoms with Crippen molar-refractivity contribution in [1.82, 2.24) is 20.4 Å². The van der Waals surface area contributed by atoms with Gasteiger partial charge in [0.2, 0.25) is 5.82 Å². The number of hydrogen-bond acceptors (Lipinski definition) is 6. The first kappa shape index (κ1) is 24.3. The zero-order valence-electron chi connectivity index (χ0n) is 20.9. The van der Waals surface area contributed by atoms with E-state index in [4.69, 9.17) is 19.0 Å². The molecule has 1 aliphatic heterocycles. The maximum Gasteiger partial charge on any atom is 0.322 e. The van der Waals surface area contributed by atoms with Crippen molar-refractivity contribution in [1.29, 1.82) is 0 Å². The van der Waals surface area contributed by atoms with E-state index in [1.165, 1.54) is 0 Å². The quantitative estimate of drug-likeness (QED) is 0.396. The number of carbonyl (C=O) groups excluding carboxylic acids is 1. The first-order valence-electron chi connectivity index (χ1n) is 11.9. The number of unbranched alkanes of at least 4 members (excludes halogenated alkanes) is 2. The second-order valence-corrected chi connectivity index (χ2v) is 8.64. The van der Waals surface area contributed by atoms with E-state index < -0.39 is 6.04 Å². The van der Waals surface area contributed by atoms with Gasteiger partial charge in [-0.15, -0.1) is 0 Å². The molecule has 8 heteroatoms. The summed E-state index contributed by atoms with van der Waals surface area (Å²) in [6, 6.07) is 12.9. The van der Waals surface area contributed by atoms with Crippen LogP contribution in [0.2, 0.25) is 0 Å². The number of amides is 2. The Morgan fingerprint density at radius 2 is 1.77 bits per heavy atom. The van der Waals surface area contributed by atoms with E-state index in [1.807, 2.05) is 56.3 Å². The summed E-state index contributed by atoms with van der Waals surface area (Å²) in [7, 11) is 3.18. The van der Waals surface area contributed by atoms with Gasteiger partial charge in [-0.3, -0.25) is 4.90 Å². The Hall–Kier alpha value is -3.81. The lowest BCUT2D eigenvalue weighted by Crippen LogP contribution is -2.46. The molecule has 4 rings (SSSR count). The maximum atomic E-state index is 13.2. The Morgan fingerprint density at radius 3 is 2.46 bits per heavy atom. The topological polar surface area (TPSA) is 89.7 Å². The van der Waals surface area contributed by atoms with Crippen molar-refractivity contribution in [2.75, 3.05) is 20.8 Å². The molecule has 184 valence electrons. The molecule has 1 atom stereocenters. The second kappa shape index (κ2) is 10.6. The molecule has 3 aromatic rings. The molecule has 0 fully saturated rings. The number of benzene rings is 2.